The fraction of sp³-hybridized carbons (Fsp3) is 0.757. The largest absolute Gasteiger partial charge is 0.357 e. The second-order valence-corrected chi connectivity index (χ2v) is 14.4. The van der Waals surface area contributed by atoms with E-state index in [1.54, 1.807) is 0 Å². The van der Waals surface area contributed by atoms with E-state index in [0.29, 0.717) is 6.41 Å². The van der Waals surface area contributed by atoms with Crippen molar-refractivity contribution in [3.63, 3.8) is 0 Å². The van der Waals surface area contributed by atoms with Gasteiger partial charge in [0.1, 0.15) is 0 Å². The molecule has 1 aliphatic heterocycles. The molecule has 1 heterocycles. The van der Waals surface area contributed by atoms with E-state index in [1.165, 1.54) is 94.6 Å². The SMILES string of the molecule is CCCCCCCCCCCCCCCCN1c2cc(C)c(C)cc2N=C(CCC[N+](CC)(CC)CC)C1PC(=O)NC=O. The van der Waals surface area contributed by atoms with Crippen LogP contribution in [-0.4, -0.2) is 60.8 Å². The predicted octanol–water partition coefficient (Wildman–Crippen LogP) is 10.2. The van der Waals surface area contributed by atoms with E-state index in [2.05, 4.69) is 63.9 Å². The number of aryl methyl sites for hydroxylation is 2. The minimum atomic E-state index is -0.197. The molecule has 250 valence electrons. The van der Waals surface area contributed by atoms with Gasteiger partial charge >= 0.3 is 0 Å². The number of unbranched alkanes of at least 4 members (excludes halogenated alkanes) is 13. The number of rotatable bonds is 25. The van der Waals surface area contributed by atoms with Gasteiger partial charge in [0, 0.05) is 27.3 Å². The molecule has 0 bridgehead atoms. The Labute approximate surface area is 272 Å². The number of hydrogen-bond acceptors (Lipinski definition) is 4. The summed E-state index contributed by atoms with van der Waals surface area (Å²) in [7, 11) is -0.0528. The van der Waals surface area contributed by atoms with Gasteiger partial charge in [0.05, 0.1) is 43.3 Å². The third-order valence-electron chi connectivity index (χ3n) is 10.1. The van der Waals surface area contributed by atoms with Crippen molar-refractivity contribution in [3.8, 4) is 0 Å². The molecule has 0 radical (unpaired) electrons. The Morgan fingerprint density at radius 2 is 1.34 bits per heavy atom. The average molecular weight is 630 g/mol. The number of anilines is 1. The average Bonchev–Trinajstić information content (AvgIpc) is 3.02. The van der Waals surface area contributed by atoms with Crippen molar-refractivity contribution in [1.82, 2.24) is 5.32 Å². The molecule has 0 saturated heterocycles. The second kappa shape index (κ2) is 21.9. The van der Waals surface area contributed by atoms with Crippen LogP contribution in [0.3, 0.4) is 0 Å². The Kier molecular flexibility index (Phi) is 19.1. The summed E-state index contributed by atoms with van der Waals surface area (Å²) in [6.45, 7) is 18.9. The minimum Gasteiger partial charge on any atom is -0.357 e. The van der Waals surface area contributed by atoms with Crippen LogP contribution in [0.2, 0.25) is 0 Å². The van der Waals surface area contributed by atoms with E-state index in [9.17, 15) is 9.59 Å². The third-order valence-corrected chi connectivity index (χ3v) is 11.4. The van der Waals surface area contributed by atoms with Gasteiger partial charge in [0.25, 0.3) is 0 Å². The van der Waals surface area contributed by atoms with Crippen LogP contribution in [0.25, 0.3) is 0 Å². The van der Waals surface area contributed by atoms with Crippen molar-refractivity contribution >= 4 is 37.7 Å². The monoisotopic (exact) mass is 629 g/mol. The highest BCUT2D eigenvalue weighted by Gasteiger charge is 2.32. The predicted molar refractivity (Wildman–Crippen MR) is 193 cm³/mol. The number of amides is 2. The summed E-state index contributed by atoms with van der Waals surface area (Å²) in [6, 6.07) is 4.48. The number of benzene rings is 1. The molecule has 0 aliphatic carbocycles. The van der Waals surface area contributed by atoms with E-state index in [0.717, 1.165) is 73.6 Å². The maximum Gasteiger partial charge on any atom is 0.246 e. The molecule has 0 aromatic heterocycles. The van der Waals surface area contributed by atoms with E-state index < -0.39 is 0 Å². The van der Waals surface area contributed by atoms with Gasteiger partial charge in [0.15, 0.2) is 0 Å². The standard InChI is InChI=1S/C37H65N4O2P/c1-7-11-12-13-14-15-16-17-18-19-20-21-22-23-26-40-35-29-32(6)31(5)28-34(35)39-33(36(40)44-37(43)38-30-42)25-24-27-41(8-2,9-3)10-4/h28-30,36,44H,7-27H2,1-6H3/p+1. The molecule has 0 spiro atoms. The van der Waals surface area contributed by atoms with E-state index in [-0.39, 0.29) is 20.0 Å². The maximum atomic E-state index is 12.8. The van der Waals surface area contributed by atoms with Crippen molar-refractivity contribution in [1.29, 1.82) is 0 Å². The topological polar surface area (TPSA) is 61.8 Å². The van der Waals surface area contributed by atoms with Crippen LogP contribution in [0.1, 0.15) is 142 Å². The Balaban J connectivity index is 2.00. The number of carbonyl (C=O) groups is 2. The van der Waals surface area contributed by atoms with E-state index in [4.69, 9.17) is 4.99 Å². The molecule has 2 rings (SSSR count). The summed E-state index contributed by atoms with van der Waals surface area (Å²) < 4.78 is 1.11. The number of nitrogens with zero attached hydrogens (tertiary/aromatic N) is 3. The number of hydrogen-bond donors (Lipinski definition) is 1. The fourth-order valence-electron chi connectivity index (χ4n) is 6.68. The fourth-order valence-corrected chi connectivity index (χ4v) is 7.87. The first-order chi connectivity index (χ1) is 21.3. The van der Waals surface area contributed by atoms with Gasteiger partial charge < -0.3 is 9.38 Å². The zero-order valence-electron chi connectivity index (χ0n) is 29.3. The molecule has 2 amide bonds. The molecular formula is C37H66N4O2P+. The Hall–Kier alpha value is -1.78. The van der Waals surface area contributed by atoms with E-state index >= 15 is 0 Å². The van der Waals surface area contributed by atoms with Gasteiger partial charge in [-0.3, -0.25) is 19.9 Å². The molecule has 0 saturated carbocycles. The number of fused-ring (bicyclic) bond motifs is 1. The molecule has 7 heteroatoms. The summed E-state index contributed by atoms with van der Waals surface area (Å²) in [6.07, 6.45) is 21.3. The summed E-state index contributed by atoms with van der Waals surface area (Å²) >= 11 is 0. The van der Waals surface area contributed by atoms with Crippen molar-refractivity contribution in [2.75, 3.05) is 37.6 Å². The van der Waals surface area contributed by atoms with Gasteiger partial charge in [-0.05, 0) is 70.7 Å². The smallest absolute Gasteiger partial charge is 0.246 e. The molecule has 1 aliphatic rings. The van der Waals surface area contributed by atoms with Crippen molar-refractivity contribution < 1.29 is 14.1 Å². The quantitative estimate of drug-likeness (QED) is 0.0507. The molecule has 6 nitrogen and oxygen atoms in total. The lowest BCUT2D eigenvalue weighted by Crippen LogP contribution is -2.48. The molecule has 1 aromatic carbocycles. The van der Waals surface area contributed by atoms with Crippen LogP contribution in [0.15, 0.2) is 17.1 Å². The Morgan fingerprint density at radius 3 is 1.86 bits per heavy atom. The number of quaternary nitrogens is 1. The van der Waals surface area contributed by atoms with Gasteiger partial charge in [-0.2, -0.15) is 0 Å². The number of imide groups is 1. The van der Waals surface area contributed by atoms with Crippen LogP contribution in [0.4, 0.5) is 16.2 Å². The molecule has 2 unspecified atom stereocenters. The summed E-state index contributed by atoms with van der Waals surface area (Å²) in [5.74, 6) is -0.0849. The van der Waals surface area contributed by atoms with Crippen LogP contribution in [-0.2, 0) is 4.79 Å². The van der Waals surface area contributed by atoms with Gasteiger partial charge in [0.2, 0.25) is 12.1 Å². The third kappa shape index (κ3) is 12.9. The van der Waals surface area contributed by atoms with Gasteiger partial charge in [-0.15, -0.1) is 0 Å². The molecular weight excluding hydrogens is 563 g/mol. The van der Waals surface area contributed by atoms with Crippen molar-refractivity contribution in [3.05, 3.63) is 23.3 Å². The first-order valence-corrected chi connectivity index (χ1v) is 19.2. The summed E-state index contributed by atoms with van der Waals surface area (Å²) in [4.78, 5) is 31.6. The maximum absolute atomic E-state index is 12.8. The molecule has 44 heavy (non-hydrogen) atoms. The van der Waals surface area contributed by atoms with Crippen molar-refractivity contribution in [2.24, 2.45) is 4.99 Å². The van der Waals surface area contributed by atoms with Gasteiger partial charge in [-0.1, -0.05) is 90.4 Å². The molecule has 0 fully saturated rings. The zero-order chi connectivity index (χ0) is 32.2. The molecule has 1 aromatic rings. The minimum absolute atomic E-state index is 0.0528. The Morgan fingerprint density at radius 1 is 0.818 bits per heavy atom. The number of nitrogens with one attached hydrogen (secondary N) is 1. The zero-order valence-corrected chi connectivity index (χ0v) is 30.3. The number of carbonyl (C=O) groups excluding carboxylic acids is 2. The van der Waals surface area contributed by atoms with Crippen molar-refractivity contribution in [2.45, 2.75) is 150 Å². The Bertz CT molecular complexity index is 999. The van der Waals surface area contributed by atoms with Crippen LogP contribution in [0, 0.1) is 13.8 Å². The molecule has 1 N–H and O–H groups in total. The highest BCUT2D eigenvalue weighted by molar-refractivity contribution is 7.59. The first-order valence-electron chi connectivity index (χ1n) is 18.2. The highest BCUT2D eigenvalue weighted by atomic mass is 31.1. The lowest BCUT2D eigenvalue weighted by molar-refractivity contribution is -0.923. The first kappa shape index (κ1) is 38.4. The second-order valence-electron chi connectivity index (χ2n) is 13.1. The highest BCUT2D eigenvalue weighted by Crippen LogP contribution is 2.42. The van der Waals surface area contributed by atoms with Crippen LogP contribution in [0.5, 0.6) is 0 Å². The lowest BCUT2D eigenvalue weighted by Gasteiger charge is -2.39. The summed E-state index contributed by atoms with van der Waals surface area (Å²) in [5.41, 5.74) is 5.59. The van der Waals surface area contributed by atoms with Crippen LogP contribution < -0.4 is 10.2 Å². The normalized spacial score (nSPS) is 15.1. The van der Waals surface area contributed by atoms with E-state index in [1.807, 2.05) is 0 Å². The number of aliphatic imine (C=N–C) groups is 1. The summed E-state index contributed by atoms with van der Waals surface area (Å²) in [5, 5.41) is 2.41. The van der Waals surface area contributed by atoms with Crippen LogP contribution >= 0.6 is 8.58 Å². The lowest BCUT2D eigenvalue weighted by atomic mass is 10.0. The van der Waals surface area contributed by atoms with Gasteiger partial charge in [-0.25, -0.2) is 0 Å². The molecule has 2 atom stereocenters.